The van der Waals surface area contributed by atoms with E-state index in [1.807, 2.05) is 12.1 Å². The molecule has 0 saturated heterocycles. The third-order valence-corrected chi connectivity index (χ3v) is 1.86. The van der Waals surface area contributed by atoms with Crippen LogP contribution in [0.25, 0.3) is 11.5 Å². The fraction of sp³-hybridized carbons (Fsp3) is 0.300. The molecule has 0 aromatic carbocycles. The monoisotopic (exact) mass is 189 g/mol. The fourth-order valence-electron chi connectivity index (χ4n) is 1.18. The van der Waals surface area contributed by atoms with Gasteiger partial charge in [-0.15, -0.1) is 10.2 Å². The van der Waals surface area contributed by atoms with E-state index in [1.165, 1.54) is 0 Å². The summed E-state index contributed by atoms with van der Waals surface area (Å²) in [6, 6.07) is 3.70. The molecule has 0 amide bonds. The molecule has 4 nitrogen and oxygen atoms in total. The Labute approximate surface area is 82.0 Å². The van der Waals surface area contributed by atoms with Crippen LogP contribution in [-0.2, 0) is 6.42 Å². The van der Waals surface area contributed by atoms with E-state index in [1.54, 1.807) is 12.4 Å². The smallest absolute Gasteiger partial charge is 0.247 e. The zero-order valence-electron chi connectivity index (χ0n) is 7.97. The molecule has 2 aromatic rings. The number of hydrogen-bond acceptors (Lipinski definition) is 4. The molecule has 14 heavy (non-hydrogen) atoms. The summed E-state index contributed by atoms with van der Waals surface area (Å²) in [6.07, 6.45) is 5.26. The van der Waals surface area contributed by atoms with Crippen LogP contribution in [0, 0.1) is 0 Å². The van der Waals surface area contributed by atoms with Gasteiger partial charge < -0.3 is 4.42 Å². The topological polar surface area (TPSA) is 51.8 Å². The van der Waals surface area contributed by atoms with Crippen LogP contribution in [0.1, 0.15) is 19.2 Å². The van der Waals surface area contributed by atoms with Crippen LogP contribution in [-0.4, -0.2) is 15.2 Å². The maximum atomic E-state index is 5.46. The van der Waals surface area contributed by atoms with Gasteiger partial charge in [-0.05, 0) is 18.6 Å². The number of pyridine rings is 1. The lowest BCUT2D eigenvalue weighted by atomic mass is 10.3. The van der Waals surface area contributed by atoms with Crippen LogP contribution in [0.5, 0.6) is 0 Å². The minimum atomic E-state index is 0.566. The van der Waals surface area contributed by atoms with Gasteiger partial charge in [0.05, 0.1) is 0 Å². The van der Waals surface area contributed by atoms with Gasteiger partial charge in [-0.1, -0.05) is 6.92 Å². The zero-order valence-corrected chi connectivity index (χ0v) is 7.97. The molecule has 2 aromatic heterocycles. The van der Waals surface area contributed by atoms with Gasteiger partial charge in [-0.3, -0.25) is 4.98 Å². The van der Waals surface area contributed by atoms with E-state index in [0.717, 1.165) is 18.4 Å². The molecule has 0 N–H and O–H groups in total. The Hall–Kier alpha value is -1.71. The maximum absolute atomic E-state index is 5.46. The van der Waals surface area contributed by atoms with Gasteiger partial charge in [0.15, 0.2) is 0 Å². The molecule has 0 unspecified atom stereocenters. The van der Waals surface area contributed by atoms with Crippen LogP contribution in [0.2, 0.25) is 0 Å². The van der Waals surface area contributed by atoms with E-state index in [9.17, 15) is 0 Å². The largest absolute Gasteiger partial charge is 0.421 e. The molecule has 0 saturated carbocycles. The average molecular weight is 189 g/mol. The van der Waals surface area contributed by atoms with Gasteiger partial charge in [0, 0.05) is 24.4 Å². The van der Waals surface area contributed by atoms with E-state index in [0.29, 0.717) is 11.8 Å². The first-order valence-electron chi connectivity index (χ1n) is 4.63. The van der Waals surface area contributed by atoms with Crippen LogP contribution < -0.4 is 0 Å². The second kappa shape index (κ2) is 4.00. The van der Waals surface area contributed by atoms with Gasteiger partial charge in [-0.25, -0.2) is 0 Å². The Balaban J connectivity index is 2.25. The number of hydrogen-bond donors (Lipinski definition) is 0. The Morgan fingerprint density at radius 3 is 2.71 bits per heavy atom. The number of aromatic nitrogens is 3. The molecule has 2 rings (SSSR count). The van der Waals surface area contributed by atoms with Crippen molar-refractivity contribution in [2.24, 2.45) is 0 Å². The molecule has 0 fully saturated rings. The van der Waals surface area contributed by atoms with E-state index in [2.05, 4.69) is 22.1 Å². The van der Waals surface area contributed by atoms with Crippen LogP contribution in [0.3, 0.4) is 0 Å². The zero-order chi connectivity index (χ0) is 9.80. The van der Waals surface area contributed by atoms with Crippen molar-refractivity contribution in [2.45, 2.75) is 19.8 Å². The predicted octanol–water partition coefficient (Wildman–Crippen LogP) is 2.08. The first-order chi connectivity index (χ1) is 6.90. The quantitative estimate of drug-likeness (QED) is 0.741. The second-order valence-corrected chi connectivity index (χ2v) is 2.99. The minimum Gasteiger partial charge on any atom is -0.421 e. The predicted molar refractivity (Wildman–Crippen MR) is 51.5 cm³/mol. The highest BCUT2D eigenvalue weighted by molar-refractivity contribution is 5.50. The van der Waals surface area contributed by atoms with Crippen molar-refractivity contribution in [3.05, 3.63) is 30.4 Å². The van der Waals surface area contributed by atoms with Gasteiger partial charge in [-0.2, -0.15) is 0 Å². The lowest BCUT2D eigenvalue weighted by molar-refractivity contribution is 0.502. The first-order valence-corrected chi connectivity index (χ1v) is 4.63. The van der Waals surface area contributed by atoms with Crippen LogP contribution >= 0.6 is 0 Å². The fourth-order valence-corrected chi connectivity index (χ4v) is 1.18. The lowest BCUT2D eigenvalue weighted by Gasteiger charge is -1.91. The number of aryl methyl sites for hydroxylation is 1. The van der Waals surface area contributed by atoms with Gasteiger partial charge >= 0.3 is 0 Å². The van der Waals surface area contributed by atoms with Crippen LogP contribution in [0.15, 0.2) is 28.9 Å². The SMILES string of the molecule is CCCc1nnc(-c2ccncc2)o1. The normalized spacial score (nSPS) is 10.4. The summed E-state index contributed by atoms with van der Waals surface area (Å²) in [7, 11) is 0. The Bertz CT molecular complexity index is 397. The van der Waals surface area contributed by atoms with Crippen molar-refractivity contribution in [3.63, 3.8) is 0 Å². The van der Waals surface area contributed by atoms with Crippen molar-refractivity contribution >= 4 is 0 Å². The Morgan fingerprint density at radius 2 is 2.00 bits per heavy atom. The summed E-state index contributed by atoms with van der Waals surface area (Å²) >= 11 is 0. The highest BCUT2D eigenvalue weighted by Crippen LogP contribution is 2.16. The Kier molecular flexibility index (Phi) is 2.53. The van der Waals surface area contributed by atoms with E-state index < -0.39 is 0 Å². The molecule has 0 bridgehead atoms. The standard InChI is InChI=1S/C10H11N3O/c1-2-3-9-12-13-10(14-9)8-4-6-11-7-5-8/h4-7H,2-3H2,1H3. The molecule has 0 spiro atoms. The first kappa shape index (κ1) is 8.87. The molecule has 72 valence electrons. The molecule has 2 heterocycles. The van der Waals surface area contributed by atoms with Crippen molar-refractivity contribution in [1.29, 1.82) is 0 Å². The molecule has 4 heteroatoms. The third-order valence-electron chi connectivity index (χ3n) is 1.86. The van der Waals surface area contributed by atoms with Crippen molar-refractivity contribution < 1.29 is 4.42 Å². The third kappa shape index (κ3) is 1.79. The maximum Gasteiger partial charge on any atom is 0.247 e. The number of nitrogens with zero attached hydrogens (tertiary/aromatic N) is 3. The van der Waals surface area contributed by atoms with Gasteiger partial charge in [0.2, 0.25) is 11.8 Å². The van der Waals surface area contributed by atoms with Gasteiger partial charge in [0.1, 0.15) is 0 Å². The molecule has 0 aliphatic rings. The average Bonchev–Trinajstić information content (AvgIpc) is 2.68. The van der Waals surface area contributed by atoms with Crippen molar-refractivity contribution in [3.8, 4) is 11.5 Å². The summed E-state index contributed by atoms with van der Waals surface area (Å²) in [5.74, 6) is 1.26. The highest BCUT2D eigenvalue weighted by atomic mass is 16.4. The van der Waals surface area contributed by atoms with E-state index in [-0.39, 0.29) is 0 Å². The van der Waals surface area contributed by atoms with E-state index in [4.69, 9.17) is 4.42 Å². The molecule has 0 atom stereocenters. The molecule has 0 radical (unpaired) electrons. The number of rotatable bonds is 3. The second-order valence-electron chi connectivity index (χ2n) is 2.99. The van der Waals surface area contributed by atoms with Crippen molar-refractivity contribution in [2.75, 3.05) is 0 Å². The summed E-state index contributed by atoms with van der Waals surface area (Å²) in [6.45, 7) is 2.08. The van der Waals surface area contributed by atoms with Crippen molar-refractivity contribution in [1.82, 2.24) is 15.2 Å². The Morgan fingerprint density at radius 1 is 1.21 bits per heavy atom. The molecular formula is C10H11N3O. The minimum absolute atomic E-state index is 0.566. The van der Waals surface area contributed by atoms with Gasteiger partial charge in [0.25, 0.3) is 0 Å². The lowest BCUT2D eigenvalue weighted by Crippen LogP contribution is -1.80. The summed E-state index contributed by atoms with van der Waals surface area (Å²) < 4.78 is 5.46. The summed E-state index contributed by atoms with van der Waals surface area (Å²) in [4.78, 5) is 3.92. The summed E-state index contributed by atoms with van der Waals surface area (Å²) in [5.41, 5.74) is 0.912. The molecular weight excluding hydrogens is 178 g/mol. The molecule has 0 aliphatic carbocycles. The summed E-state index contributed by atoms with van der Waals surface area (Å²) in [5, 5.41) is 7.91. The van der Waals surface area contributed by atoms with E-state index >= 15 is 0 Å². The van der Waals surface area contributed by atoms with Crippen LogP contribution in [0.4, 0.5) is 0 Å². The highest BCUT2D eigenvalue weighted by Gasteiger charge is 2.06. The molecule has 0 aliphatic heterocycles.